The third-order valence-electron chi connectivity index (χ3n) is 3.69. The molecule has 114 valence electrons. The SMILES string of the molecule is Cn1c(N)c2[nH]nc([C@@H]3O[C@H](CO)[C@@H](O)[C@H]3O)c2nc1=O. The maximum absolute atomic E-state index is 11.7. The Morgan fingerprint density at radius 3 is 2.76 bits per heavy atom. The number of anilines is 1. The van der Waals surface area contributed by atoms with Crippen LogP contribution >= 0.6 is 0 Å². The molecule has 0 aromatic carbocycles. The lowest BCUT2D eigenvalue weighted by Gasteiger charge is -2.12. The second-order valence-corrected chi connectivity index (χ2v) is 4.93. The van der Waals surface area contributed by atoms with Gasteiger partial charge in [0.15, 0.2) is 0 Å². The molecule has 2 aromatic rings. The van der Waals surface area contributed by atoms with Crippen molar-refractivity contribution in [2.24, 2.45) is 7.05 Å². The molecule has 0 aliphatic carbocycles. The molecule has 3 heterocycles. The summed E-state index contributed by atoms with van der Waals surface area (Å²) in [5, 5.41) is 35.5. The lowest BCUT2D eigenvalue weighted by molar-refractivity contribution is -0.0236. The number of nitrogens with two attached hydrogens (primary N) is 1. The fourth-order valence-electron chi connectivity index (χ4n) is 2.41. The van der Waals surface area contributed by atoms with Crippen molar-refractivity contribution in [1.82, 2.24) is 19.7 Å². The van der Waals surface area contributed by atoms with Crippen molar-refractivity contribution >= 4 is 16.9 Å². The van der Waals surface area contributed by atoms with Gasteiger partial charge in [0.05, 0.1) is 6.61 Å². The van der Waals surface area contributed by atoms with E-state index in [0.29, 0.717) is 5.52 Å². The third kappa shape index (κ3) is 1.92. The quantitative estimate of drug-likeness (QED) is 0.403. The number of hydrogen-bond donors (Lipinski definition) is 5. The van der Waals surface area contributed by atoms with Gasteiger partial charge in [-0.2, -0.15) is 10.1 Å². The van der Waals surface area contributed by atoms with Crippen LogP contribution in [0.3, 0.4) is 0 Å². The van der Waals surface area contributed by atoms with Gasteiger partial charge in [0.25, 0.3) is 0 Å². The first-order chi connectivity index (χ1) is 9.95. The Kier molecular flexibility index (Phi) is 3.17. The molecule has 21 heavy (non-hydrogen) atoms. The van der Waals surface area contributed by atoms with E-state index < -0.39 is 36.7 Å². The first-order valence-corrected chi connectivity index (χ1v) is 6.28. The topological polar surface area (TPSA) is 160 Å². The molecular weight excluding hydrogens is 282 g/mol. The van der Waals surface area contributed by atoms with Gasteiger partial charge in [-0.25, -0.2) is 4.79 Å². The number of aliphatic hydroxyl groups excluding tert-OH is 3. The van der Waals surface area contributed by atoms with E-state index in [1.54, 1.807) is 0 Å². The largest absolute Gasteiger partial charge is 0.394 e. The van der Waals surface area contributed by atoms with E-state index in [0.717, 1.165) is 4.57 Å². The van der Waals surface area contributed by atoms with Crippen molar-refractivity contribution in [1.29, 1.82) is 0 Å². The van der Waals surface area contributed by atoms with Gasteiger partial charge in [0.1, 0.15) is 47.0 Å². The zero-order valence-corrected chi connectivity index (χ0v) is 11.1. The third-order valence-corrected chi connectivity index (χ3v) is 3.69. The molecule has 10 nitrogen and oxygen atoms in total. The Labute approximate surface area is 117 Å². The normalized spacial score (nSPS) is 29.3. The molecule has 4 atom stereocenters. The molecule has 2 aromatic heterocycles. The first-order valence-electron chi connectivity index (χ1n) is 6.28. The highest BCUT2D eigenvalue weighted by atomic mass is 16.6. The summed E-state index contributed by atoms with van der Waals surface area (Å²) in [6.45, 7) is -0.450. The Bertz CT molecular complexity index is 740. The van der Waals surface area contributed by atoms with E-state index in [-0.39, 0.29) is 17.0 Å². The van der Waals surface area contributed by atoms with Crippen molar-refractivity contribution in [2.45, 2.75) is 24.4 Å². The maximum Gasteiger partial charge on any atom is 0.349 e. The van der Waals surface area contributed by atoms with E-state index in [1.807, 2.05) is 0 Å². The highest BCUT2D eigenvalue weighted by Gasteiger charge is 2.45. The predicted molar refractivity (Wildman–Crippen MR) is 70.3 cm³/mol. The fraction of sp³-hybridized carbons (Fsp3) is 0.545. The van der Waals surface area contributed by atoms with E-state index in [4.69, 9.17) is 15.6 Å². The minimum atomic E-state index is -1.29. The van der Waals surface area contributed by atoms with Gasteiger partial charge in [0.2, 0.25) is 0 Å². The van der Waals surface area contributed by atoms with Gasteiger partial charge in [-0.15, -0.1) is 0 Å². The molecule has 1 aliphatic rings. The Balaban J connectivity index is 2.12. The van der Waals surface area contributed by atoms with Gasteiger partial charge < -0.3 is 25.8 Å². The molecule has 0 radical (unpaired) electrons. The molecule has 1 saturated heterocycles. The zero-order valence-electron chi connectivity index (χ0n) is 11.1. The average molecular weight is 297 g/mol. The van der Waals surface area contributed by atoms with Crippen LogP contribution in [0.1, 0.15) is 11.8 Å². The molecule has 0 saturated carbocycles. The van der Waals surface area contributed by atoms with E-state index in [9.17, 15) is 15.0 Å². The molecule has 3 rings (SSSR count). The summed E-state index contributed by atoms with van der Waals surface area (Å²) in [4.78, 5) is 15.6. The summed E-state index contributed by atoms with van der Waals surface area (Å²) in [7, 11) is 1.47. The van der Waals surface area contributed by atoms with E-state index in [1.165, 1.54) is 7.05 Å². The summed E-state index contributed by atoms with van der Waals surface area (Å²) < 4.78 is 6.53. The Morgan fingerprint density at radius 2 is 2.14 bits per heavy atom. The predicted octanol–water partition coefficient (Wildman–Crippen LogP) is -2.61. The number of aliphatic hydroxyl groups is 3. The highest BCUT2D eigenvalue weighted by molar-refractivity contribution is 5.86. The van der Waals surface area contributed by atoms with Gasteiger partial charge >= 0.3 is 5.69 Å². The standard InChI is InChI=1S/C11H15N5O5/c1-16-10(12)6-4(13-11(16)20)5(14-15-6)9-8(19)7(18)3(2-17)21-9/h3,7-9,15,17-19H,2,12H2,1H3/t3-,7-,8-,9+/m1/s1. The summed E-state index contributed by atoms with van der Waals surface area (Å²) in [5.41, 5.74) is 5.90. The van der Waals surface area contributed by atoms with Crippen LogP contribution in [0.4, 0.5) is 5.82 Å². The molecule has 6 N–H and O–H groups in total. The lowest BCUT2D eigenvalue weighted by Crippen LogP contribution is -2.32. The van der Waals surface area contributed by atoms with Gasteiger partial charge in [-0.05, 0) is 0 Å². The molecule has 0 spiro atoms. The van der Waals surface area contributed by atoms with Gasteiger partial charge in [0, 0.05) is 7.05 Å². The number of H-pyrrole nitrogens is 1. The van der Waals surface area contributed by atoms with Crippen molar-refractivity contribution in [3.63, 3.8) is 0 Å². The summed E-state index contributed by atoms with van der Waals surface area (Å²) in [6.07, 6.45) is -4.48. The molecule has 10 heteroatoms. The number of nitrogens with zero attached hydrogens (tertiary/aromatic N) is 3. The van der Waals surface area contributed by atoms with Crippen molar-refractivity contribution in [2.75, 3.05) is 12.3 Å². The number of fused-ring (bicyclic) bond motifs is 1. The number of nitrogen functional groups attached to an aromatic ring is 1. The van der Waals surface area contributed by atoms with Crippen molar-refractivity contribution in [3.8, 4) is 0 Å². The molecule has 1 aliphatic heterocycles. The van der Waals surface area contributed by atoms with Gasteiger partial charge in [-0.1, -0.05) is 0 Å². The number of nitrogens with one attached hydrogen (secondary N) is 1. The summed E-state index contributed by atoms with van der Waals surface area (Å²) >= 11 is 0. The van der Waals surface area contributed by atoms with Crippen LogP contribution in [0.2, 0.25) is 0 Å². The minimum Gasteiger partial charge on any atom is -0.394 e. The highest BCUT2D eigenvalue weighted by Crippen LogP contribution is 2.35. The zero-order chi connectivity index (χ0) is 15.3. The molecule has 0 unspecified atom stereocenters. The summed E-state index contributed by atoms with van der Waals surface area (Å²) in [6, 6.07) is 0. The van der Waals surface area contributed by atoms with Crippen LogP contribution < -0.4 is 11.4 Å². The Morgan fingerprint density at radius 1 is 1.43 bits per heavy atom. The second-order valence-electron chi connectivity index (χ2n) is 4.93. The first kappa shape index (κ1) is 13.9. The fourth-order valence-corrected chi connectivity index (χ4v) is 2.41. The molecule has 0 bridgehead atoms. The van der Waals surface area contributed by atoms with E-state index >= 15 is 0 Å². The number of rotatable bonds is 2. The maximum atomic E-state index is 11.7. The molecule has 1 fully saturated rings. The smallest absolute Gasteiger partial charge is 0.349 e. The Hall–Kier alpha value is -2.01. The number of aromatic amines is 1. The minimum absolute atomic E-state index is 0.149. The van der Waals surface area contributed by atoms with Crippen LogP contribution in [0.25, 0.3) is 11.0 Å². The van der Waals surface area contributed by atoms with Crippen LogP contribution in [-0.2, 0) is 11.8 Å². The van der Waals surface area contributed by atoms with Crippen LogP contribution in [0.5, 0.6) is 0 Å². The van der Waals surface area contributed by atoms with Crippen LogP contribution in [0, 0.1) is 0 Å². The number of ether oxygens (including phenoxy) is 1. The van der Waals surface area contributed by atoms with Crippen LogP contribution in [0.15, 0.2) is 4.79 Å². The van der Waals surface area contributed by atoms with Gasteiger partial charge in [-0.3, -0.25) is 9.67 Å². The number of hydrogen-bond acceptors (Lipinski definition) is 8. The monoisotopic (exact) mass is 297 g/mol. The molecular formula is C11H15N5O5. The van der Waals surface area contributed by atoms with Crippen molar-refractivity contribution in [3.05, 3.63) is 16.2 Å². The molecule has 0 amide bonds. The van der Waals surface area contributed by atoms with Crippen molar-refractivity contribution < 1.29 is 20.1 Å². The van der Waals surface area contributed by atoms with E-state index in [2.05, 4.69) is 15.2 Å². The summed E-state index contributed by atoms with van der Waals surface area (Å²) in [5.74, 6) is 0.149. The number of aromatic nitrogens is 4. The second kappa shape index (κ2) is 4.77. The lowest BCUT2D eigenvalue weighted by atomic mass is 10.1. The van der Waals surface area contributed by atoms with Crippen LogP contribution in [-0.4, -0.2) is 60.0 Å². The average Bonchev–Trinajstić information content (AvgIpc) is 2.99.